The van der Waals surface area contributed by atoms with Gasteiger partial charge in [-0.2, -0.15) is 0 Å². The summed E-state index contributed by atoms with van der Waals surface area (Å²) in [6.45, 7) is 4.43. The first kappa shape index (κ1) is 12.2. The minimum absolute atomic E-state index is 0.418. The van der Waals surface area contributed by atoms with E-state index >= 15 is 0 Å². The zero-order valence-corrected chi connectivity index (χ0v) is 10.3. The van der Waals surface area contributed by atoms with Gasteiger partial charge in [0.05, 0.1) is 12.7 Å². The second-order valence-electron chi connectivity index (χ2n) is 4.13. The normalized spacial score (nSPS) is 19.2. The van der Waals surface area contributed by atoms with Crippen LogP contribution in [0.4, 0.5) is 5.82 Å². The van der Waals surface area contributed by atoms with Crippen molar-refractivity contribution in [3.63, 3.8) is 0 Å². The fourth-order valence-electron chi connectivity index (χ4n) is 2.02. The minimum atomic E-state index is 0.418. The number of hydrogen-bond donors (Lipinski definition) is 1. The molecule has 0 saturated carbocycles. The SMILES string of the molecule is CCOc1cccnc1NCCC1CCCO1. The van der Waals surface area contributed by atoms with E-state index in [0.717, 1.165) is 31.1 Å². The van der Waals surface area contributed by atoms with Gasteiger partial charge < -0.3 is 14.8 Å². The third-order valence-corrected chi connectivity index (χ3v) is 2.85. The molecule has 2 rings (SSSR count). The molecule has 0 bridgehead atoms. The maximum absolute atomic E-state index is 5.58. The Hall–Kier alpha value is -1.29. The standard InChI is InChI=1S/C13H20N2O2/c1-2-16-12-6-3-8-14-13(12)15-9-7-11-5-4-10-17-11/h3,6,8,11H,2,4-5,7,9-10H2,1H3,(H,14,15). The summed E-state index contributed by atoms with van der Waals surface area (Å²) in [6.07, 6.45) is 5.60. The second-order valence-corrected chi connectivity index (χ2v) is 4.13. The van der Waals surface area contributed by atoms with E-state index in [2.05, 4.69) is 10.3 Å². The molecule has 17 heavy (non-hydrogen) atoms. The largest absolute Gasteiger partial charge is 0.490 e. The van der Waals surface area contributed by atoms with Crippen LogP contribution in [0.3, 0.4) is 0 Å². The number of rotatable bonds is 6. The van der Waals surface area contributed by atoms with Gasteiger partial charge in [-0.05, 0) is 38.3 Å². The Morgan fingerprint density at radius 1 is 1.59 bits per heavy atom. The molecule has 0 aromatic carbocycles. The molecule has 0 spiro atoms. The quantitative estimate of drug-likeness (QED) is 0.824. The van der Waals surface area contributed by atoms with Gasteiger partial charge in [0, 0.05) is 19.3 Å². The molecule has 1 aliphatic heterocycles. The number of nitrogens with zero attached hydrogens (tertiary/aromatic N) is 1. The van der Waals surface area contributed by atoms with Crippen LogP contribution in [0, 0.1) is 0 Å². The Kier molecular flexibility index (Phi) is 4.62. The van der Waals surface area contributed by atoms with Crippen LogP contribution >= 0.6 is 0 Å². The van der Waals surface area contributed by atoms with Crippen molar-refractivity contribution in [1.29, 1.82) is 0 Å². The van der Waals surface area contributed by atoms with Crippen molar-refractivity contribution in [2.24, 2.45) is 0 Å². The van der Waals surface area contributed by atoms with Crippen LogP contribution in [0.15, 0.2) is 18.3 Å². The van der Waals surface area contributed by atoms with Gasteiger partial charge in [0.25, 0.3) is 0 Å². The number of aromatic nitrogens is 1. The molecular formula is C13H20N2O2. The van der Waals surface area contributed by atoms with E-state index in [9.17, 15) is 0 Å². The van der Waals surface area contributed by atoms with Crippen molar-refractivity contribution >= 4 is 5.82 Å². The molecule has 0 amide bonds. The molecule has 1 aliphatic rings. The molecule has 0 radical (unpaired) electrons. The van der Waals surface area contributed by atoms with Crippen LogP contribution in [0.25, 0.3) is 0 Å². The van der Waals surface area contributed by atoms with E-state index < -0.39 is 0 Å². The summed E-state index contributed by atoms with van der Waals surface area (Å²) in [7, 11) is 0. The minimum Gasteiger partial charge on any atom is -0.490 e. The smallest absolute Gasteiger partial charge is 0.168 e. The number of ether oxygens (including phenoxy) is 2. The van der Waals surface area contributed by atoms with Crippen LogP contribution < -0.4 is 10.1 Å². The highest BCUT2D eigenvalue weighted by molar-refractivity contribution is 5.49. The Balaban J connectivity index is 1.80. The van der Waals surface area contributed by atoms with Crippen molar-refractivity contribution in [2.75, 3.05) is 25.1 Å². The zero-order valence-electron chi connectivity index (χ0n) is 10.3. The summed E-state index contributed by atoms with van der Waals surface area (Å²) < 4.78 is 11.1. The number of anilines is 1. The molecule has 1 atom stereocenters. The van der Waals surface area contributed by atoms with Crippen molar-refractivity contribution in [2.45, 2.75) is 32.3 Å². The molecule has 1 N–H and O–H groups in total. The summed E-state index contributed by atoms with van der Waals surface area (Å²) in [5.41, 5.74) is 0. The predicted molar refractivity (Wildman–Crippen MR) is 67.5 cm³/mol. The maximum Gasteiger partial charge on any atom is 0.168 e. The van der Waals surface area contributed by atoms with Gasteiger partial charge >= 0.3 is 0 Å². The van der Waals surface area contributed by atoms with Gasteiger partial charge in [0.1, 0.15) is 0 Å². The van der Waals surface area contributed by atoms with Crippen molar-refractivity contribution < 1.29 is 9.47 Å². The molecule has 94 valence electrons. The molecule has 1 fully saturated rings. The Labute approximate surface area is 102 Å². The van der Waals surface area contributed by atoms with Crippen LogP contribution in [0.1, 0.15) is 26.2 Å². The lowest BCUT2D eigenvalue weighted by molar-refractivity contribution is 0.107. The number of hydrogen-bond acceptors (Lipinski definition) is 4. The maximum atomic E-state index is 5.58. The Morgan fingerprint density at radius 2 is 2.53 bits per heavy atom. The fraction of sp³-hybridized carbons (Fsp3) is 0.615. The highest BCUT2D eigenvalue weighted by Crippen LogP contribution is 2.21. The molecular weight excluding hydrogens is 216 g/mol. The van der Waals surface area contributed by atoms with Crippen molar-refractivity contribution in [3.8, 4) is 5.75 Å². The van der Waals surface area contributed by atoms with Crippen LogP contribution in [0.5, 0.6) is 5.75 Å². The summed E-state index contributed by atoms with van der Waals surface area (Å²) in [5, 5.41) is 3.31. The molecule has 1 aromatic rings. The van der Waals surface area contributed by atoms with Gasteiger partial charge in [0.2, 0.25) is 0 Å². The van der Waals surface area contributed by atoms with Gasteiger partial charge in [-0.1, -0.05) is 0 Å². The summed E-state index contributed by atoms with van der Waals surface area (Å²) in [4.78, 5) is 4.28. The molecule has 4 heteroatoms. The highest BCUT2D eigenvalue weighted by Gasteiger charge is 2.14. The molecule has 4 nitrogen and oxygen atoms in total. The lowest BCUT2D eigenvalue weighted by atomic mass is 10.2. The van der Waals surface area contributed by atoms with Crippen LogP contribution in [-0.2, 0) is 4.74 Å². The van der Waals surface area contributed by atoms with Crippen molar-refractivity contribution in [1.82, 2.24) is 4.98 Å². The highest BCUT2D eigenvalue weighted by atomic mass is 16.5. The number of pyridine rings is 1. The van der Waals surface area contributed by atoms with Gasteiger partial charge in [0.15, 0.2) is 11.6 Å². The third kappa shape index (κ3) is 3.60. The summed E-state index contributed by atoms with van der Waals surface area (Å²) in [5.74, 6) is 1.65. The first-order valence-electron chi connectivity index (χ1n) is 6.33. The van der Waals surface area contributed by atoms with Gasteiger partial charge in [-0.15, -0.1) is 0 Å². The summed E-state index contributed by atoms with van der Waals surface area (Å²) >= 11 is 0. The molecule has 2 heterocycles. The van der Waals surface area contributed by atoms with E-state index in [0.29, 0.717) is 12.7 Å². The lowest BCUT2D eigenvalue weighted by Crippen LogP contribution is -2.13. The first-order valence-corrected chi connectivity index (χ1v) is 6.33. The first-order chi connectivity index (χ1) is 8.40. The Bertz CT molecular complexity index is 338. The van der Waals surface area contributed by atoms with Crippen LogP contribution in [-0.4, -0.2) is 30.8 Å². The summed E-state index contributed by atoms with van der Waals surface area (Å²) in [6, 6.07) is 3.82. The fourth-order valence-corrected chi connectivity index (χ4v) is 2.02. The molecule has 0 aliphatic carbocycles. The molecule has 1 saturated heterocycles. The lowest BCUT2D eigenvalue weighted by Gasteiger charge is -2.13. The van der Waals surface area contributed by atoms with Gasteiger partial charge in [-0.3, -0.25) is 0 Å². The zero-order chi connectivity index (χ0) is 11.9. The second kappa shape index (κ2) is 6.45. The topological polar surface area (TPSA) is 43.4 Å². The van der Waals surface area contributed by atoms with Crippen molar-refractivity contribution in [3.05, 3.63) is 18.3 Å². The molecule has 1 unspecified atom stereocenters. The Morgan fingerprint density at radius 3 is 3.29 bits per heavy atom. The van der Waals surface area contributed by atoms with E-state index in [1.165, 1.54) is 12.8 Å². The predicted octanol–water partition coefficient (Wildman–Crippen LogP) is 2.46. The van der Waals surface area contributed by atoms with Gasteiger partial charge in [-0.25, -0.2) is 4.98 Å². The number of nitrogens with one attached hydrogen (secondary N) is 1. The van der Waals surface area contributed by atoms with Crippen LogP contribution in [0.2, 0.25) is 0 Å². The monoisotopic (exact) mass is 236 g/mol. The van der Waals surface area contributed by atoms with E-state index in [4.69, 9.17) is 9.47 Å². The van der Waals surface area contributed by atoms with E-state index in [-0.39, 0.29) is 0 Å². The third-order valence-electron chi connectivity index (χ3n) is 2.85. The van der Waals surface area contributed by atoms with E-state index in [1.807, 2.05) is 19.1 Å². The van der Waals surface area contributed by atoms with E-state index in [1.54, 1.807) is 6.20 Å². The average molecular weight is 236 g/mol. The average Bonchev–Trinajstić information content (AvgIpc) is 2.85. The molecule has 1 aromatic heterocycles.